The molecule has 1 aliphatic rings. The van der Waals surface area contributed by atoms with Gasteiger partial charge in [0.2, 0.25) is 10.7 Å². The Labute approximate surface area is 178 Å². The van der Waals surface area contributed by atoms with Gasteiger partial charge in [-0.2, -0.15) is 5.10 Å². The van der Waals surface area contributed by atoms with Gasteiger partial charge in [0, 0.05) is 18.4 Å². The van der Waals surface area contributed by atoms with E-state index in [-0.39, 0.29) is 11.8 Å². The molecule has 0 radical (unpaired) electrons. The van der Waals surface area contributed by atoms with Crippen molar-refractivity contribution in [2.24, 2.45) is 5.92 Å². The van der Waals surface area contributed by atoms with Crippen molar-refractivity contribution >= 4 is 35.5 Å². The summed E-state index contributed by atoms with van der Waals surface area (Å²) in [5.41, 5.74) is 0.982. The predicted octanol–water partition coefficient (Wildman–Crippen LogP) is 3.76. The SMILES string of the molecule is O=C(Nc1ccc(Cl)cn1)C1CCCN(Cn2ncn(-c3ccccc3)c2=S)C1. The van der Waals surface area contributed by atoms with Crippen LogP contribution in [-0.4, -0.2) is 43.2 Å². The van der Waals surface area contributed by atoms with Crippen LogP contribution in [0.4, 0.5) is 5.82 Å². The fourth-order valence-electron chi connectivity index (χ4n) is 3.47. The van der Waals surface area contributed by atoms with Crippen LogP contribution < -0.4 is 5.32 Å². The summed E-state index contributed by atoms with van der Waals surface area (Å²) in [6.07, 6.45) is 5.05. The number of para-hydroxylation sites is 1. The number of pyridine rings is 1. The molecule has 1 N–H and O–H groups in total. The van der Waals surface area contributed by atoms with E-state index in [2.05, 4.69) is 20.3 Å². The Balaban J connectivity index is 1.40. The van der Waals surface area contributed by atoms with Gasteiger partial charge in [-0.3, -0.25) is 14.3 Å². The van der Waals surface area contributed by atoms with E-state index >= 15 is 0 Å². The minimum Gasteiger partial charge on any atom is -0.310 e. The molecule has 1 saturated heterocycles. The molecule has 1 aromatic carbocycles. The highest BCUT2D eigenvalue weighted by atomic mass is 35.5. The second-order valence-electron chi connectivity index (χ2n) is 7.03. The van der Waals surface area contributed by atoms with Crippen LogP contribution in [0.1, 0.15) is 12.8 Å². The number of likely N-dealkylation sites (tertiary alicyclic amines) is 1. The second-order valence-corrected chi connectivity index (χ2v) is 7.83. The normalized spacial score (nSPS) is 17.2. The molecule has 1 atom stereocenters. The molecule has 1 aliphatic heterocycles. The van der Waals surface area contributed by atoms with E-state index in [4.69, 9.17) is 23.8 Å². The Morgan fingerprint density at radius 2 is 2.07 bits per heavy atom. The number of amides is 1. The van der Waals surface area contributed by atoms with E-state index in [1.165, 1.54) is 6.20 Å². The molecule has 3 aromatic rings. The van der Waals surface area contributed by atoms with Crippen LogP contribution in [0.5, 0.6) is 0 Å². The van der Waals surface area contributed by atoms with Crippen molar-refractivity contribution < 1.29 is 4.79 Å². The molecule has 7 nitrogen and oxygen atoms in total. The Morgan fingerprint density at radius 1 is 1.24 bits per heavy atom. The lowest BCUT2D eigenvalue weighted by molar-refractivity contribution is -0.121. The molecular formula is C20H21ClN6OS. The number of hydrogen-bond donors (Lipinski definition) is 1. The third-order valence-corrected chi connectivity index (χ3v) is 5.59. The third kappa shape index (κ3) is 4.72. The number of benzene rings is 1. The van der Waals surface area contributed by atoms with Gasteiger partial charge in [0.25, 0.3) is 0 Å². The highest BCUT2D eigenvalue weighted by molar-refractivity contribution is 7.71. The van der Waals surface area contributed by atoms with Crippen molar-refractivity contribution in [3.8, 4) is 5.69 Å². The Bertz CT molecular complexity index is 1030. The van der Waals surface area contributed by atoms with Crippen LogP contribution in [0.25, 0.3) is 5.69 Å². The van der Waals surface area contributed by atoms with Crippen molar-refractivity contribution in [3.05, 3.63) is 64.8 Å². The predicted molar refractivity (Wildman–Crippen MR) is 115 cm³/mol. The first-order valence-corrected chi connectivity index (χ1v) is 10.2. The molecule has 0 saturated carbocycles. The number of carbonyl (C=O) groups is 1. The lowest BCUT2D eigenvalue weighted by Gasteiger charge is -2.31. The van der Waals surface area contributed by atoms with Gasteiger partial charge in [-0.1, -0.05) is 29.8 Å². The van der Waals surface area contributed by atoms with Crippen molar-refractivity contribution in [2.75, 3.05) is 18.4 Å². The van der Waals surface area contributed by atoms with Gasteiger partial charge in [0.1, 0.15) is 12.1 Å². The summed E-state index contributed by atoms with van der Waals surface area (Å²) in [6, 6.07) is 13.3. The molecule has 3 heterocycles. The number of hydrogen-bond acceptors (Lipinski definition) is 5. The first kappa shape index (κ1) is 19.8. The van der Waals surface area contributed by atoms with Crippen LogP contribution in [0.3, 0.4) is 0 Å². The minimum absolute atomic E-state index is 0.0251. The number of nitrogens with one attached hydrogen (secondary N) is 1. The fourth-order valence-corrected chi connectivity index (χ4v) is 3.83. The molecule has 9 heteroatoms. The van der Waals surface area contributed by atoms with Gasteiger partial charge >= 0.3 is 0 Å². The largest absolute Gasteiger partial charge is 0.310 e. The molecule has 4 rings (SSSR count). The Kier molecular flexibility index (Phi) is 6.03. The number of carbonyl (C=O) groups excluding carboxylic acids is 1. The summed E-state index contributed by atoms with van der Waals surface area (Å²) in [5, 5.41) is 7.86. The third-order valence-electron chi connectivity index (χ3n) is 4.96. The summed E-state index contributed by atoms with van der Waals surface area (Å²) < 4.78 is 4.31. The number of halogens is 1. The number of nitrogens with zero attached hydrogens (tertiary/aromatic N) is 5. The van der Waals surface area contributed by atoms with Crippen molar-refractivity contribution in [2.45, 2.75) is 19.5 Å². The molecule has 0 spiro atoms. The van der Waals surface area contributed by atoms with Gasteiger partial charge in [-0.05, 0) is 55.9 Å². The van der Waals surface area contributed by atoms with Crippen LogP contribution in [0.15, 0.2) is 55.0 Å². The lowest BCUT2D eigenvalue weighted by atomic mass is 9.97. The average Bonchev–Trinajstić information content (AvgIpc) is 3.11. The maximum absolute atomic E-state index is 12.6. The van der Waals surface area contributed by atoms with E-state index in [1.807, 2.05) is 34.9 Å². The van der Waals surface area contributed by atoms with Gasteiger partial charge in [-0.15, -0.1) is 0 Å². The van der Waals surface area contributed by atoms with Crippen molar-refractivity contribution in [1.29, 1.82) is 0 Å². The van der Waals surface area contributed by atoms with Crippen LogP contribution in [-0.2, 0) is 11.5 Å². The van der Waals surface area contributed by atoms with Crippen molar-refractivity contribution in [1.82, 2.24) is 24.2 Å². The Morgan fingerprint density at radius 3 is 2.83 bits per heavy atom. The van der Waals surface area contributed by atoms with E-state index in [0.29, 0.717) is 28.8 Å². The van der Waals surface area contributed by atoms with Crippen LogP contribution in [0, 0.1) is 10.7 Å². The topological polar surface area (TPSA) is 68.0 Å². The lowest BCUT2D eigenvalue weighted by Crippen LogP contribution is -2.41. The van der Waals surface area contributed by atoms with Gasteiger partial charge in [0.15, 0.2) is 0 Å². The zero-order valence-electron chi connectivity index (χ0n) is 15.7. The molecule has 1 unspecified atom stereocenters. The first-order valence-electron chi connectivity index (χ1n) is 9.45. The average molecular weight is 429 g/mol. The van der Waals surface area contributed by atoms with E-state index in [1.54, 1.807) is 23.1 Å². The fraction of sp³-hybridized carbons (Fsp3) is 0.300. The monoisotopic (exact) mass is 428 g/mol. The molecular weight excluding hydrogens is 408 g/mol. The summed E-state index contributed by atoms with van der Waals surface area (Å²) >= 11 is 11.4. The molecule has 29 heavy (non-hydrogen) atoms. The summed E-state index contributed by atoms with van der Waals surface area (Å²) in [5.74, 6) is 0.384. The quantitative estimate of drug-likeness (QED) is 0.626. The number of rotatable bonds is 5. The second kappa shape index (κ2) is 8.86. The maximum atomic E-state index is 12.6. The number of aromatic nitrogens is 4. The van der Waals surface area contributed by atoms with Crippen molar-refractivity contribution in [3.63, 3.8) is 0 Å². The summed E-state index contributed by atoms with van der Waals surface area (Å²) in [4.78, 5) is 19.0. The molecule has 150 valence electrons. The maximum Gasteiger partial charge on any atom is 0.229 e. The number of piperidine rings is 1. The zero-order valence-corrected chi connectivity index (χ0v) is 17.3. The van der Waals surface area contributed by atoms with E-state index in [9.17, 15) is 4.79 Å². The van der Waals surface area contributed by atoms with Crippen LogP contribution in [0.2, 0.25) is 5.02 Å². The van der Waals surface area contributed by atoms with Gasteiger partial charge < -0.3 is 5.32 Å². The van der Waals surface area contributed by atoms with E-state index < -0.39 is 0 Å². The molecule has 1 fully saturated rings. The summed E-state index contributed by atoms with van der Waals surface area (Å²) in [7, 11) is 0. The van der Waals surface area contributed by atoms with Crippen LogP contribution >= 0.6 is 23.8 Å². The van der Waals surface area contributed by atoms with Gasteiger partial charge in [0.05, 0.1) is 17.6 Å². The highest BCUT2D eigenvalue weighted by Gasteiger charge is 2.26. The molecule has 1 amide bonds. The molecule has 0 bridgehead atoms. The first-order chi connectivity index (χ1) is 14.1. The highest BCUT2D eigenvalue weighted by Crippen LogP contribution is 2.19. The molecule has 0 aliphatic carbocycles. The zero-order chi connectivity index (χ0) is 20.2. The Hall–Kier alpha value is -2.55. The number of anilines is 1. The summed E-state index contributed by atoms with van der Waals surface area (Å²) in [6.45, 7) is 2.12. The minimum atomic E-state index is -0.105. The van der Waals surface area contributed by atoms with Gasteiger partial charge in [-0.25, -0.2) is 9.67 Å². The smallest absolute Gasteiger partial charge is 0.229 e. The van der Waals surface area contributed by atoms with E-state index in [0.717, 1.165) is 25.1 Å². The molecule has 2 aromatic heterocycles. The standard InChI is InChI=1S/C20H21ClN6OS/c21-16-8-9-18(22-11-16)24-19(28)15-5-4-10-25(12-15)14-27-20(29)26(13-23-27)17-6-2-1-3-7-17/h1-3,6-9,11,13,15H,4-5,10,12,14H2,(H,22,24,28).